The highest BCUT2D eigenvalue weighted by Crippen LogP contribution is 2.32. The largest absolute Gasteiger partial charge is 0.383 e. The summed E-state index contributed by atoms with van der Waals surface area (Å²) in [6.45, 7) is 6.87. The van der Waals surface area contributed by atoms with Crippen LogP contribution in [0.15, 0.2) is 73.0 Å². The molecule has 0 atom stereocenters. The number of nitriles is 1. The number of fused-ring (bicyclic) bond motifs is 1. The number of piperidine rings is 1. The standard InChI is InChI=1S/C31H32N8.C2H6/c1-37(21-32)24-15-18-38(19-16-24)20-22-9-11-25(12-10-22)39-30(26-8-5-17-34-29(26)33)36-28-14-13-27(35-31(28)39)23-6-3-2-4-7-23;1-2/h3,5-14,17,24H,2,4,15-16,18-20H2,1H3,(H2,33,34);1-2H3. The minimum atomic E-state index is 0.346. The van der Waals surface area contributed by atoms with Gasteiger partial charge in [0, 0.05) is 44.6 Å². The van der Waals surface area contributed by atoms with Crippen LogP contribution in [-0.4, -0.2) is 55.5 Å². The Labute approximate surface area is 242 Å². The molecule has 0 spiro atoms. The molecule has 0 saturated carbocycles. The first kappa shape index (κ1) is 28.1. The lowest BCUT2D eigenvalue weighted by Crippen LogP contribution is -2.41. The fourth-order valence-corrected chi connectivity index (χ4v) is 5.51. The minimum absolute atomic E-state index is 0.346. The Morgan fingerprint density at radius 1 is 1.02 bits per heavy atom. The highest BCUT2D eigenvalue weighted by atomic mass is 15.2. The molecule has 0 unspecified atom stereocenters. The Balaban J connectivity index is 0.00000165. The molecule has 4 heterocycles. The van der Waals surface area contributed by atoms with Crippen LogP contribution in [0.3, 0.4) is 0 Å². The number of likely N-dealkylation sites (tertiary alicyclic amines) is 1. The summed E-state index contributed by atoms with van der Waals surface area (Å²) in [5.74, 6) is 1.17. The minimum Gasteiger partial charge on any atom is -0.383 e. The number of hydrogen-bond donors (Lipinski definition) is 1. The number of rotatable bonds is 6. The van der Waals surface area contributed by atoms with Crippen LogP contribution in [0.5, 0.6) is 0 Å². The van der Waals surface area contributed by atoms with Gasteiger partial charge in [-0.2, -0.15) is 5.26 Å². The van der Waals surface area contributed by atoms with Crippen LogP contribution in [0, 0.1) is 11.5 Å². The summed E-state index contributed by atoms with van der Waals surface area (Å²) < 4.78 is 2.09. The van der Waals surface area contributed by atoms with E-state index in [1.54, 1.807) is 11.1 Å². The molecule has 6 rings (SSSR count). The maximum atomic E-state index is 9.18. The normalized spacial score (nSPS) is 15.6. The van der Waals surface area contributed by atoms with E-state index in [0.29, 0.717) is 11.9 Å². The van der Waals surface area contributed by atoms with Gasteiger partial charge in [-0.3, -0.25) is 9.47 Å². The van der Waals surface area contributed by atoms with Gasteiger partial charge in [-0.1, -0.05) is 44.2 Å². The number of aromatic nitrogens is 4. The van der Waals surface area contributed by atoms with Crippen molar-refractivity contribution in [3.63, 3.8) is 0 Å². The number of imidazole rings is 1. The lowest BCUT2D eigenvalue weighted by atomic mass is 10.0. The predicted octanol–water partition coefficient (Wildman–Crippen LogP) is 6.20. The van der Waals surface area contributed by atoms with Crippen molar-refractivity contribution in [1.82, 2.24) is 29.3 Å². The van der Waals surface area contributed by atoms with Gasteiger partial charge in [0.1, 0.15) is 11.3 Å². The summed E-state index contributed by atoms with van der Waals surface area (Å²) >= 11 is 0. The smallest absolute Gasteiger partial charge is 0.179 e. The van der Waals surface area contributed by atoms with Gasteiger partial charge >= 0.3 is 0 Å². The van der Waals surface area contributed by atoms with E-state index in [2.05, 4.69) is 63.1 Å². The maximum Gasteiger partial charge on any atom is 0.179 e. The maximum absolute atomic E-state index is 9.18. The van der Waals surface area contributed by atoms with E-state index in [1.165, 1.54) is 5.56 Å². The molecule has 1 aliphatic carbocycles. The number of nitrogens with two attached hydrogens (primary N) is 1. The quantitative estimate of drug-likeness (QED) is 0.227. The van der Waals surface area contributed by atoms with E-state index in [-0.39, 0.29) is 0 Å². The zero-order chi connectivity index (χ0) is 28.8. The second kappa shape index (κ2) is 12.8. The van der Waals surface area contributed by atoms with Crippen molar-refractivity contribution < 1.29 is 0 Å². The first-order chi connectivity index (χ1) is 20.1. The number of allylic oxidation sites excluding steroid dienone is 4. The highest BCUT2D eigenvalue weighted by Gasteiger charge is 2.22. The summed E-state index contributed by atoms with van der Waals surface area (Å²) in [6, 6.07) is 16.9. The van der Waals surface area contributed by atoms with E-state index in [1.807, 2.05) is 45.2 Å². The number of anilines is 1. The molecule has 2 aliphatic rings. The molecule has 210 valence electrons. The highest BCUT2D eigenvalue weighted by molar-refractivity contribution is 5.85. The topological polar surface area (TPSA) is 99.9 Å². The molecule has 1 aliphatic heterocycles. The Hall–Kier alpha value is -4.48. The molecule has 1 fully saturated rings. The Bertz CT molecular complexity index is 1580. The first-order valence-corrected chi connectivity index (χ1v) is 14.5. The Morgan fingerprint density at radius 2 is 1.80 bits per heavy atom. The number of benzene rings is 1. The second-order valence-electron chi connectivity index (χ2n) is 10.3. The van der Waals surface area contributed by atoms with Crippen LogP contribution in [0.4, 0.5) is 5.82 Å². The van der Waals surface area contributed by atoms with Crippen molar-refractivity contribution in [2.45, 2.75) is 52.1 Å². The SMILES string of the molecule is CC.CN(C#N)C1CCN(Cc2ccc(-n3c(-c4cccnc4N)nc4ccc(C5=CCCC=C5)nc43)cc2)CC1. The van der Waals surface area contributed by atoms with Gasteiger partial charge in [0.25, 0.3) is 0 Å². The van der Waals surface area contributed by atoms with E-state index in [0.717, 1.165) is 84.8 Å². The summed E-state index contributed by atoms with van der Waals surface area (Å²) in [5.41, 5.74) is 13.0. The molecule has 1 saturated heterocycles. The molecule has 0 bridgehead atoms. The van der Waals surface area contributed by atoms with E-state index >= 15 is 0 Å². The third kappa shape index (κ3) is 6.01. The summed E-state index contributed by atoms with van der Waals surface area (Å²) in [6.07, 6.45) is 14.7. The lowest BCUT2D eigenvalue weighted by molar-refractivity contribution is 0.154. The molecule has 41 heavy (non-hydrogen) atoms. The van der Waals surface area contributed by atoms with Crippen molar-refractivity contribution in [2.75, 3.05) is 25.9 Å². The van der Waals surface area contributed by atoms with E-state index in [4.69, 9.17) is 15.7 Å². The number of nitrogens with zero attached hydrogens (tertiary/aromatic N) is 7. The van der Waals surface area contributed by atoms with Crippen molar-refractivity contribution >= 4 is 22.6 Å². The molecule has 4 aromatic rings. The van der Waals surface area contributed by atoms with E-state index < -0.39 is 0 Å². The van der Waals surface area contributed by atoms with Crippen LogP contribution in [0.1, 0.15) is 50.8 Å². The molecule has 3 aromatic heterocycles. The first-order valence-electron chi connectivity index (χ1n) is 14.5. The Morgan fingerprint density at radius 3 is 2.49 bits per heavy atom. The molecular formula is C33H38N8. The van der Waals surface area contributed by atoms with Gasteiger partial charge in [0.2, 0.25) is 0 Å². The van der Waals surface area contributed by atoms with Gasteiger partial charge in [0.05, 0.1) is 11.3 Å². The predicted molar refractivity (Wildman–Crippen MR) is 166 cm³/mol. The monoisotopic (exact) mass is 546 g/mol. The van der Waals surface area contributed by atoms with Crippen LogP contribution in [0.2, 0.25) is 0 Å². The summed E-state index contributed by atoms with van der Waals surface area (Å²) in [7, 11) is 1.88. The van der Waals surface area contributed by atoms with Gasteiger partial charge in [-0.25, -0.2) is 15.0 Å². The molecule has 0 radical (unpaired) electrons. The molecule has 2 N–H and O–H groups in total. The molecule has 8 heteroatoms. The second-order valence-corrected chi connectivity index (χ2v) is 10.3. The molecular weight excluding hydrogens is 508 g/mol. The van der Waals surface area contributed by atoms with Crippen molar-refractivity contribution in [2.24, 2.45) is 0 Å². The number of nitrogen functional groups attached to an aromatic ring is 1. The van der Waals surface area contributed by atoms with Crippen molar-refractivity contribution in [1.29, 1.82) is 5.26 Å². The zero-order valence-electron chi connectivity index (χ0n) is 24.2. The fourth-order valence-electron chi connectivity index (χ4n) is 5.51. The average Bonchev–Trinajstić information content (AvgIpc) is 3.41. The van der Waals surface area contributed by atoms with Crippen LogP contribution < -0.4 is 5.73 Å². The molecule has 0 amide bonds. The van der Waals surface area contributed by atoms with E-state index in [9.17, 15) is 5.26 Å². The third-order valence-corrected chi connectivity index (χ3v) is 7.74. The molecule has 8 nitrogen and oxygen atoms in total. The number of pyridine rings is 2. The van der Waals surface area contributed by atoms with Gasteiger partial charge in [-0.05, 0) is 73.2 Å². The average molecular weight is 547 g/mol. The van der Waals surface area contributed by atoms with Gasteiger partial charge < -0.3 is 10.6 Å². The van der Waals surface area contributed by atoms with Crippen LogP contribution >= 0.6 is 0 Å². The lowest BCUT2D eigenvalue weighted by Gasteiger charge is -2.34. The Kier molecular flexibility index (Phi) is 8.76. The van der Waals surface area contributed by atoms with Crippen molar-refractivity contribution in [3.8, 4) is 23.3 Å². The third-order valence-electron chi connectivity index (χ3n) is 7.74. The zero-order valence-corrected chi connectivity index (χ0v) is 24.2. The van der Waals surface area contributed by atoms with Gasteiger partial charge in [-0.15, -0.1) is 0 Å². The number of hydrogen-bond acceptors (Lipinski definition) is 7. The summed E-state index contributed by atoms with van der Waals surface area (Å²) in [5, 5.41) is 9.18. The van der Waals surface area contributed by atoms with Gasteiger partial charge in [0.15, 0.2) is 17.7 Å². The van der Waals surface area contributed by atoms with Crippen molar-refractivity contribution in [3.05, 3.63) is 84.2 Å². The fraction of sp³-hybridized carbons (Fsp3) is 0.333. The van der Waals surface area contributed by atoms with Crippen LogP contribution in [-0.2, 0) is 6.54 Å². The molecule has 1 aromatic carbocycles. The van der Waals surface area contributed by atoms with Crippen LogP contribution in [0.25, 0.3) is 33.8 Å². The summed E-state index contributed by atoms with van der Waals surface area (Å²) in [4.78, 5) is 18.6.